The van der Waals surface area contributed by atoms with Gasteiger partial charge in [0, 0.05) is 23.9 Å². The van der Waals surface area contributed by atoms with E-state index < -0.39 is 12.0 Å². The maximum Gasteiger partial charge on any atom is 0.326 e. The van der Waals surface area contributed by atoms with Gasteiger partial charge >= 0.3 is 5.97 Å². The van der Waals surface area contributed by atoms with E-state index in [0.29, 0.717) is 16.8 Å². The highest BCUT2D eigenvalue weighted by Crippen LogP contribution is 2.23. The van der Waals surface area contributed by atoms with E-state index in [0.717, 1.165) is 22.3 Å². The molecule has 0 heterocycles. The lowest BCUT2D eigenvalue weighted by molar-refractivity contribution is -0.141. The van der Waals surface area contributed by atoms with Crippen molar-refractivity contribution in [3.05, 3.63) is 89.0 Å². The van der Waals surface area contributed by atoms with Crippen molar-refractivity contribution >= 4 is 23.5 Å². The Morgan fingerprint density at radius 1 is 0.812 bits per heavy atom. The fourth-order valence-electron chi connectivity index (χ4n) is 3.18. The van der Waals surface area contributed by atoms with E-state index in [2.05, 4.69) is 5.32 Å². The Morgan fingerprint density at radius 3 is 1.88 bits per heavy atom. The van der Waals surface area contributed by atoms with Gasteiger partial charge in [-0.25, -0.2) is 4.79 Å². The van der Waals surface area contributed by atoms with Crippen LogP contribution >= 0.6 is 0 Å². The minimum atomic E-state index is -1.05. The highest BCUT2D eigenvalue weighted by Gasteiger charge is 2.22. The van der Waals surface area contributed by atoms with Crippen molar-refractivity contribution in [2.75, 3.05) is 12.4 Å². The topological polar surface area (TPSA) is 86.7 Å². The van der Waals surface area contributed by atoms with Gasteiger partial charge in [0.1, 0.15) is 6.04 Å². The van der Waals surface area contributed by atoms with Crippen LogP contribution < -0.4 is 5.32 Å². The molecule has 0 aliphatic carbocycles. The van der Waals surface area contributed by atoms with E-state index >= 15 is 0 Å². The highest BCUT2D eigenvalue weighted by molar-refractivity contribution is 6.04. The first-order valence-electron chi connectivity index (χ1n) is 10.3. The molecule has 0 bridgehead atoms. The van der Waals surface area contributed by atoms with Gasteiger partial charge in [0.2, 0.25) is 0 Å². The van der Waals surface area contributed by atoms with Crippen LogP contribution in [0.4, 0.5) is 5.69 Å². The molecule has 0 spiro atoms. The van der Waals surface area contributed by atoms with Crippen molar-refractivity contribution < 1.29 is 19.5 Å². The summed E-state index contributed by atoms with van der Waals surface area (Å²) in [6.07, 6.45) is 0. The lowest BCUT2D eigenvalue weighted by atomic mass is 10.0. The summed E-state index contributed by atoms with van der Waals surface area (Å²) < 4.78 is 0. The molecule has 0 aromatic heterocycles. The second-order valence-electron chi connectivity index (χ2n) is 7.84. The van der Waals surface area contributed by atoms with E-state index in [-0.39, 0.29) is 11.8 Å². The number of anilines is 1. The molecular formula is C26H26N2O4. The number of carbonyl (C=O) groups is 3. The average Bonchev–Trinajstić information content (AvgIpc) is 2.80. The van der Waals surface area contributed by atoms with Crippen molar-refractivity contribution in [1.29, 1.82) is 0 Å². The SMILES string of the molecule is Cc1ccc(C(=O)Nc2ccc(-c3ccc(C(=O)N(C)[C@@H](C)C(=O)O)cc3)cc2)cc1C. The fraction of sp³-hybridized carbons (Fsp3) is 0.192. The molecule has 0 radical (unpaired) electrons. The van der Waals surface area contributed by atoms with Gasteiger partial charge in [-0.15, -0.1) is 0 Å². The second kappa shape index (κ2) is 9.47. The molecule has 0 aliphatic rings. The number of hydrogen-bond donors (Lipinski definition) is 2. The van der Waals surface area contributed by atoms with Crippen LogP contribution in [0.15, 0.2) is 66.7 Å². The Kier molecular flexibility index (Phi) is 6.73. The van der Waals surface area contributed by atoms with Gasteiger partial charge in [0.05, 0.1) is 0 Å². The lowest BCUT2D eigenvalue weighted by Crippen LogP contribution is -2.40. The molecule has 2 amide bonds. The number of likely N-dealkylation sites (N-methyl/N-ethyl adjacent to an activating group) is 1. The third kappa shape index (κ3) is 5.03. The van der Waals surface area contributed by atoms with Gasteiger partial charge in [0.15, 0.2) is 0 Å². The molecule has 0 saturated carbocycles. The van der Waals surface area contributed by atoms with Crippen molar-refractivity contribution in [1.82, 2.24) is 4.90 Å². The summed E-state index contributed by atoms with van der Waals surface area (Å²) in [7, 11) is 1.47. The van der Waals surface area contributed by atoms with Crippen LogP contribution in [0.5, 0.6) is 0 Å². The molecule has 3 aromatic carbocycles. The van der Waals surface area contributed by atoms with Crippen LogP contribution in [-0.4, -0.2) is 40.9 Å². The first kappa shape index (κ1) is 22.7. The molecule has 3 aromatic rings. The number of amides is 2. The maximum absolute atomic E-state index is 12.5. The number of aliphatic carboxylic acids is 1. The van der Waals surface area contributed by atoms with Crippen LogP contribution in [0.2, 0.25) is 0 Å². The Morgan fingerprint density at radius 2 is 1.34 bits per heavy atom. The highest BCUT2D eigenvalue weighted by atomic mass is 16.4. The summed E-state index contributed by atoms with van der Waals surface area (Å²) in [5, 5.41) is 12.0. The Bertz CT molecular complexity index is 1150. The van der Waals surface area contributed by atoms with Crippen LogP contribution in [0.3, 0.4) is 0 Å². The molecule has 6 heteroatoms. The number of nitrogens with zero attached hydrogens (tertiary/aromatic N) is 1. The molecule has 1 atom stereocenters. The number of carboxylic acids is 1. The third-order valence-corrected chi connectivity index (χ3v) is 5.64. The van der Waals surface area contributed by atoms with Crippen LogP contribution in [0.1, 0.15) is 38.8 Å². The number of nitrogens with one attached hydrogen (secondary N) is 1. The number of rotatable bonds is 6. The summed E-state index contributed by atoms with van der Waals surface area (Å²) in [6.45, 7) is 5.45. The van der Waals surface area contributed by atoms with Gasteiger partial charge in [-0.2, -0.15) is 0 Å². The molecular weight excluding hydrogens is 404 g/mol. The number of aryl methyl sites for hydroxylation is 2. The molecule has 0 fully saturated rings. The molecule has 6 nitrogen and oxygen atoms in total. The van der Waals surface area contributed by atoms with Crippen LogP contribution in [0.25, 0.3) is 11.1 Å². The minimum Gasteiger partial charge on any atom is -0.480 e. The van der Waals surface area contributed by atoms with Crippen molar-refractivity contribution in [2.45, 2.75) is 26.8 Å². The Labute approximate surface area is 187 Å². The summed E-state index contributed by atoms with van der Waals surface area (Å²) in [5.41, 5.74) is 5.76. The van der Waals surface area contributed by atoms with E-state index in [1.165, 1.54) is 18.9 Å². The van der Waals surface area contributed by atoms with Gasteiger partial charge in [-0.05, 0) is 79.4 Å². The zero-order valence-electron chi connectivity index (χ0n) is 18.5. The van der Waals surface area contributed by atoms with E-state index in [1.807, 2.05) is 68.4 Å². The van der Waals surface area contributed by atoms with Crippen molar-refractivity contribution in [2.24, 2.45) is 0 Å². The standard InChI is InChI=1S/C26H26N2O4/c1-16-5-6-22(15-17(16)2)24(29)27-23-13-11-20(12-14-23)19-7-9-21(10-8-19)25(30)28(4)18(3)26(31)32/h5-15,18H,1-4H3,(H,27,29)(H,31,32)/t18-/m0/s1. The fourth-order valence-corrected chi connectivity index (χ4v) is 3.18. The minimum absolute atomic E-state index is 0.163. The Balaban J connectivity index is 1.69. The summed E-state index contributed by atoms with van der Waals surface area (Å²) in [6, 6.07) is 19.1. The van der Waals surface area contributed by atoms with Gasteiger partial charge in [0.25, 0.3) is 11.8 Å². The molecule has 0 unspecified atom stereocenters. The lowest BCUT2D eigenvalue weighted by Gasteiger charge is -2.21. The molecule has 164 valence electrons. The van der Waals surface area contributed by atoms with Crippen LogP contribution in [-0.2, 0) is 4.79 Å². The first-order chi connectivity index (χ1) is 15.2. The van der Waals surface area contributed by atoms with E-state index in [4.69, 9.17) is 5.11 Å². The maximum atomic E-state index is 12.5. The van der Waals surface area contributed by atoms with Gasteiger partial charge in [-0.1, -0.05) is 30.3 Å². The quantitative estimate of drug-likeness (QED) is 0.590. The normalized spacial score (nSPS) is 11.5. The number of carbonyl (C=O) groups excluding carboxylic acids is 2. The summed E-state index contributed by atoms with van der Waals surface area (Å²) in [5.74, 6) is -1.57. The summed E-state index contributed by atoms with van der Waals surface area (Å²) >= 11 is 0. The number of hydrogen-bond acceptors (Lipinski definition) is 3. The first-order valence-corrected chi connectivity index (χ1v) is 10.3. The van der Waals surface area contributed by atoms with E-state index in [9.17, 15) is 14.4 Å². The molecule has 3 rings (SSSR count). The monoisotopic (exact) mass is 430 g/mol. The number of carboxylic acid groups (broad SMARTS) is 1. The second-order valence-corrected chi connectivity index (χ2v) is 7.84. The predicted molar refractivity (Wildman–Crippen MR) is 125 cm³/mol. The Hall–Kier alpha value is -3.93. The zero-order chi connectivity index (χ0) is 23.4. The van der Waals surface area contributed by atoms with Gasteiger partial charge in [-0.3, -0.25) is 9.59 Å². The zero-order valence-corrected chi connectivity index (χ0v) is 18.5. The smallest absolute Gasteiger partial charge is 0.326 e. The third-order valence-electron chi connectivity index (χ3n) is 5.64. The average molecular weight is 431 g/mol. The summed E-state index contributed by atoms with van der Waals surface area (Å²) in [4.78, 5) is 37.3. The van der Waals surface area contributed by atoms with E-state index in [1.54, 1.807) is 12.1 Å². The van der Waals surface area contributed by atoms with Gasteiger partial charge < -0.3 is 15.3 Å². The molecule has 32 heavy (non-hydrogen) atoms. The molecule has 2 N–H and O–H groups in total. The van der Waals surface area contributed by atoms with Crippen molar-refractivity contribution in [3.63, 3.8) is 0 Å². The number of benzene rings is 3. The van der Waals surface area contributed by atoms with Crippen LogP contribution in [0, 0.1) is 13.8 Å². The molecule has 0 saturated heterocycles. The predicted octanol–water partition coefficient (Wildman–Crippen LogP) is 4.77. The largest absolute Gasteiger partial charge is 0.480 e. The molecule has 0 aliphatic heterocycles. The van der Waals surface area contributed by atoms with Crippen molar-refractivity contribution in [3.8, 4) is 11.1 Å².